The number of rotatable bonds is 4. The first-order valence-corrected chi connectivity index (χ1v) is 6.25. The lowest BCUT2D eigenvalue weighted by atomic mass is 10.2. The Labute approximate surface area is 115 Å². The van der Waals surface area contributed by atoms with Crippen LogP contribution in [0.1, 0.15) is 11.4 Å². The highest BCUT2D eigenvalue weighted by atomic mass is 35.5. The van der Waals surface area contributed by atoms with Gasteiger partial charge in [-0.15, -0.1) is 0 Å². The second kappa shape index (κ2) is 5.84. The molecule has 0 aliphatic heterocycles. The van der Waals surface area contributed by atoms with Crippen LogP contribution in [0, 0.1) is 11.7 Å². The van der Waals surface area contributed by atoms with Gasteiger partial charge in [-0.3, -0.25) is 5.10 Å². The van der Waals surface area contributed by atoms with Crippen molar-refractivity contribution in [3.05, 3.63) is 51.5 Å². The van der Waals surface area contributed by atoms with E-state index in [2.05, 4.69) is 15.6 Å². The highest BCUT2D eigenvalue weighted by Gasteiger charge is 1.97. The first-order chi connectivity index (χ1) is 8.66. The summed E-state index contributed by atoms with van der Waals surface area (Å²) in [5, 5.41) is 7.46. The smallest absolute Gasteiger partial charge is 0.214 e. The third-order valence-electron chi connectivity index (χ3n) is 2.39. The third-order valence-corrected chi connectivity index (χ3v) is 2.91. The van der Waals surface area contributed by atoms with Gasteiger partial charge in [0.2, 0.25) is 4.77 Å². The van der Waals surface area contributed by atoms with Crippen molar-refractivity contribution in [1.29, 1.82) is 0 Å². The highest BCUT2D eigenvalue weighted by Crippen LogP contribution is 2.10. The van der Waals surface area contributed by atoms with Gasteiger partial charge in [0.05, 0.1) is 0 Å². The number of hydrogen-bond acceptors (Lipinski definition) is 3. The summed E-state index contributed by atoms with van der Waals surface area (Å²) in [5.41, 5.74) is 4.25. The molecule has 0 saturated carbocycles. The van der Waals surface area contributed by atoms with E-state index >= 15 is 0 Å². The van der Waals surface area contributed by atoms with Crippen molar-refractivity contribution in [3.63, 3.8) is 0 Å². The first-order valence-electron chi connectivity index (χ1n) is 5.47. The monoisotopic (exact) mass is 280 g/mol. The number of halogens is 1. The van der Waals surface area contributed by atoms with Crippen molar-refractivity contribution < 1.29 is 0 Å². The zero-order valence-electron chi connectivity index (χ0n) is 9.85. The Hall–Kier alpha value is -1.59. The molecule has 1 aromatic heterocycles. The molecule has 1 heterocycles. The maximum Gasteiger partial charge on any atom is 0.214 e. The molecular weight excluding hydrogens is 268 g/mol. The summed E-state index contributed by atoms with van der Waals surface area (Å²) < 4.78 is 2.30. The van der Waals surface area contributed by atoms with E-state index in [0.29, 0.717) is 11.3 Å². The minimum absolute atomic E-state index is 0.562. The van der Waals surface area contributed by atoms with Gasteiger partial charge in [0.15, 0.2) is 0 Å². The van der Waals surface area contributed by atoms with Gasteiger partial charge in [-0.05, 0) is 36.8 Å². The van der Waals surface area contributed by atoms with Gasteiger partial charge in [0.1, 0.15) is 5.82 Å². The Morgan fingerprint density at radius 1 is 1.44 bits per heavy atom. The maximum atomic E-state index is 5.81. The molecular formula is C12H13ClN4S. The van der Waals surface area contributed by atoms with Crippen LogP contribution in [-0.4, -0.2) is 21.4 Å². The van der Waals surface area contributed by atoms with Crippen molar-refractivity contribution >= 4 is 29.9 Å². The number of nitrogens with one attached hydrogen (secondary N) is 2. The number of H-pyrrole nitrogens is 1. The molecule has 0 spiro atoms. The molecule has 0 unspecified atom stereocenters. The van der Waals surface area contributed by atoms with Gasteiger partial charge < -0.3 is 5.43 Å². The van der Waals surface area contributed by atoms with Crippen molar-refractivity contribution in [2.75, 3.05) is 12.0 Å². The molecule has 0 aliphatic carbocycles. The lowest BCUT2D eigenvalue weighted by molar-refractivity contribution is 0.832. The Bertz CT molecular complexity index is 597. The van der Waals surface area contributed by atoms with E-state index in [-0.39, 0.29) is 0 Å². The van der Waals surface area contributed by atoms with Gasteiger partial charge in [-0.25, -0.2) is 4.68 Å². The maximum absolute atomic E-state index is 5.81. The minimum atomic E-state index is 0.562. The van der Waals surface area contributed by atoms with Gasteiger partial charge in [0, 0.05) is 11.6 Å². The molecule has 4 nitrogen and oxygen atoms in total. The van der Waals surface area contributed by atoms with Crippen molar-refractivity contribution in [1.82, 2.24) is 14.9 Å². The summed E-state index contributed by atoms with van der Waals surface area (Å²) >= 11 is 10.9. The van der Waals surface area contributed by atoms with Crippen LogP contribution in [0.5, 0.6) is 0 Å². The molecule has 0 amide bonds. The Morgan fingerprint density at radius 3 is 2.78 bits per heavy atom. The zero-order chi connectivity index (χ0) is 13.0. The van der Waals surface area contributed by atoms with Crippen LogP contribution in [0.25, 0.3) is 6.08 Å². The number of benzene rings is 1. The van der Waals surface area contributed by atoms with Gasteiger partial charge >= 0.3 is 0 Å². The third kappa shape index (κ3) is 3.21. The normalized spacial score (nSPS) is 11.0. The molecule has 1 aromatic carbocycles. The fourth-order valence-corrected chi connectivity index (χ4v) is 1.84. The van der Waals surface area contributed by atoms with Gasteiger partial charge in [-0.1, -0.05) is 35.9 Å². The second-order valence-corrected chi connectivity index (χ2v) is 4.55. The Kier molecular flexibility index (Phi) is 4.17. The Balaban J connectivity index is 1.93. The summed E-state index contributed by atoms with van der Waals surface area (Å²) in [6.45, 7) is 2.54. The second-order valence-electron chi connectivity index (χ2n) is 3.73. The molecule has 18 heavy (non-hydrogen) atoms. The molecule has 2 aromatic rings. The lowest BCUT2D eigenvalue weighted by Crippen LogP contribution is -2.16. The number of aromatic nitrogens is 3. The van der Waals surface area contributed by atoms with Crippen LogP contribution in [0.3, 0.4) is 0 Å². The van der Waals surface area contributed by atoms with E-state index in [1.54, 1.807) is 4.68 Å². The lowest BCUT2D eigenvalue weighted by Gasteiger charge is -2.04. The first kappa shape index (κ1) is 12.9. The van der Waals surface area contributed by atoms with Crippen LogP contribution >= 0.6 is 23.8 Å². The summed E-state index contributed by atoms with van der Waals surface area (Å²) in [5.74, 6) is 0.805. The minimum Gasteiger partial charge on any atom is -0.318 e. The molecule has 6 heteroatoms. The average Bonchev–Trinajstić information content (AvgIpc) is 2.68. The van der Waals surface area contributed by atoms with Crippen LogP contribution in [0.15, 0.2) is 30.3 Å². The number of hydrogen-bond donors (Lipinski definition) is 2. The van der Waals surface area contributed by atoms with Gasteiger partial charge in [0.25, 0.3) is 0 Å². The number of aryl methyl sites for hydroxylation is 1. The Morgan fingerprint density at radius 2 is 2.17 bits per heavy atom. The van der Waals surface area contributed by atoms with E-state index in [1.807, 2.05) is 43.3 Å². The molecule has 2 rings (SSSR count). The average molecular weight is 281 g/mol. The van der Waals surface area contributed by atoms with E-state index in [0.717, 1.165) is 16.4 Å². The van der Waals surface area contributed by atoms with E-state index in [1.165, 1.54) is 0 Å². The summed E-state index contributed by atoms with van der Waals surface area (Å²) in [6, 6.07) is 7.66. The van der Waals surface area contributed by atoms with Crippen molar-refractivity contribution in [2.24, 2.45) is 0 Å². The molecule has 2 N–H and O–H groups in total. The summed E-state index contributed by atoms with van der Waals surface area (Å²) in [6.07, 6.45) is 4.03. The molecule has 0 atom stereocenters. The van der Waals surface area contributed by atoms with E-state index < -0.39 is 0 Å². The van der Waals surface area contributed by atoms with E-state index in [9.17, 15) is 0 Å². The van der Waals surface area contributed by atoms with Crippen LogP contribution in [0.2, 0.25) is 5.02 Å². The van der Waals surface area contributed by atoms with Crippen molar-refractivity contribution in [2.45, 2.75) is 6.92 Å². The standard InChI is InChI=1S/C12H13ClN4S/c1-9-15-16-12(18)17(9)14-8-2-3-10-4-6-11(13)7-5-10/h2-7,14H,8H2,1H3,(H,16,18). The van der Waals surface area contributed by atoms with Crippen LogP contribution < -0.4 is 5.43 Å². The summed E-state index contributed by atoms with van der Waals surface area (Å²) in [7, 11) is 0. The molecule has 94 valence electrons. The zero-order valence-corrected chi connectivity index (χ0v) is 11.4. The largest absolute Gasteiger partial charge is 0.318 e. The predicted octanol–water partition coefficient (Wildman–Crippen LogP) is 3.16. The SMILES string of the molecule is Cc1n[nH]c(=S)n1NCC=Cc1ccc(Cl)cc1. The van der Waals surface area contributed by atoms with Crippen LogP contribution in [0.4, 0.5) is 0 Å². The number of aromatic amines is 1. The molecule has 0 aliphatic rings. The molecule has 0 bridgehead atoms. The highest BCUT2D eigenvalue weighted by molar-refractivity contribution is 7.71. The number of nitrogens with zero attached hydrogens (tertiary/aromatic N) is 2. The quantitative estimate of drug-likeness (QED) is 0.846. The summed E-state index contributed by atoms with van der Waals surface area (Å²) in [4.78, 5) is 0. The molecule has 0 saturated heterocycles. The fraction of sp³-hybridized carbons (Fsp3) is 0.167. The van der Waals surface area contributed by atoms with Crippen LogP contribution in [-0.2, 0) is 0 Å². The van der Waals surface area contributed by atoms with E-state index in [4.69, 9.17) is 23.8 Å². The molecule has 0 radical (unpaired) electrons. The predicted molar refractivity (Wildman–Crippen MR) is 76.9 cm³/mol. The topological polar surface area (TPSA) is 45.6 Å². The molecule has 0 fully saturated rings. The fourth-order valence-electron chi connectivity index (χ4n) is 1.47. The van der Waals surface area contributed by atoms with Gasteiger partial charge in [-0.2, -0.15) is 5.10 Å². The van der Waals surface area contributed by atoms with Crippen molar-refractivity contribution in [3.8, 4) is 0 Å².